The highest BCUT2D eigenvalue weighted by atomic mass is 16.5. The number of carbonyl (C=O) groups is 1. The second kappa shape index (κ2) is 8.15. The molecule has 1 saturated heterocycles. The Balaban J connectivity index is 2.06. The van der Waals surface area contributed by atoms with Gasteiger partial charge in [0.1, 0.15) is 5.75 Å². The van der Waals surface area contributed by atoms with Gasteiger partial charge in [0, 0.05) is 18.9 Å². The molecule has 5 heteroatoms. The van der Waals surface area contributed by atoms with Crippen molar-refractivity contribution in [2.24, 2.45) is 5.41 Å². The summed E-state index contributed by atoms with van der Waals surface area (Å²) in [6.45, 7) is 4.88. The normalized spacial score (nSPS) is 17.0. The van der Waals surface area contributed by atoms with E-state index in [1.54, 1.807) is 7.11 Å². The maximum absolute atomic E-state index is 12.7. The van der Waals surface area contributed by atoms with E-state index >= 15 is 0 Å². The molecule has 0 atom stereocenters. The zero-order chi connectivity index (χ0) is 15.8. The second-order valence-electron chi connectivity index (χ2n) is 5.79. The average Bonchev–Trinajstić information content (AvgIpc) is 2.54. The van der Waals surface area contributed by atoms with E-state index in [1.807, 2.05) is 24.3 Å². The van der Waals surface area contributed by atoms with Gasteiger partial charge in [0.2, 0.25) is 5.91 Å². The lowest BCUT2D eigenvalue weighted by molar-refractivity contribution is -0.130. The van der Waals surface area contributed by atoms with Crippen molar-refractivity contribution < 1.29 is 14.3 Å². The molecule has 5 nitrogen and oxygen atoms in total. The topological polar surface area (TPSA) is 59.6 Å². The summed E-state index contributed by atoms with van der Waals surface area (Å²) in [6, 6.07) is 7.56. The van der Waals surface area contributed by atoms with Gasteiger partial charge >= 0.3 is 0 Å². The molecule has 1 aliphatic heterocycles. The lowest BCUT2D eigenvalue weighted by Gasteiger charge is -2.35. The van der Waals surface area contributed by atoms with Gasteiger partial charge in [0.15, 0.2) is 0 Å². The first-order valence-corrected chi connectivity index (χ1v) is 7.94. The average molecular weight is 306 g/mol. The number of nitrogens with one attached hydrogen (secondary N) is 2. The predicted octanol–water partition coefficient (Wildman–Crippen LogP) is 2.43. The third-order valence-electron chi connectivity index (χ3n) is 4.03. The van der Waals surface area contributed by atoms with E-state index in [9.17, 15) is 4.79 Å². The monoisotopic (exact) mass is 306 g/mol. The van der Waals surface area contributed by atoms with Gasteiger partial charge in [-0.05, 0) is 44.5 Å². The number of amides is 1. The first kappa shape index (κ1) is 16.8. The van der Waals surface area contributed by atoms with Crippen LogP contribution in [0, 0.1) is 5.41 Å². The highest BCUT2D eigenvalue weighted by Gasteiger charge is 2.39. The van der Waals surface area contributed by atoms with Crippen LogP contribution in [0.1, 0.15) is 26.2 Å². The maximum atomic E-state index is 12.7. The van der Waals surface area contributed by atoms with Crippen molar-refractivity contribution in [1.29, 1.82) is 0 Å². The highest BCUT2D eigenvalue weighted by Crippen LogP contribution is 2.31. The minimum Gasteiger partial charge on any atom is -0.494 e. The molecule has 22 heavy (non-hydrogen) atoms. The van der Waals surface area contributed by atoms with E-state index in [2.05, 4.69) is 17.6 Å². The molecule has 0 aliphatic carbocycles. The molecular weight excluding hydrogens is 280 g/mol. The standard InChI is InChI=1S/C17H26N2O3/c1-3-11-22-15-6-4-5-14(12-15)19-16(20)17(13-21-2)7-9-18-10-8-17/h4-6,12,18H,3,7-11,13H2,1-2H3,(H,19,20). The fourth-order valence-corrected chi connectivity index (χ4v) is 2.77. The summed E-state index contributed by atoms with van der Waals surface area (Å²) in [4.78, 5) is 12.7. The van der Waals surface area contributed by atoms with Crippen molar-refractivity contribution in [3.63, 3.8) is 0 Å². The summed E-state index contributed by atoms with van der Waals surface area (Å²) < 4.78 is 10.9. The number of carbonyl (C=O) groups excluding carboxylic acids is 1. The molecule has 2 rings (SSSR count). The molecule has 1 heterocycles. The van der Waals surface area contributed by atoms with E-state index in [0.717, 1.165) is 43.8 Å². The number of hydrogen-bond acceptors (Lipinski definition) is 4. The Hall–Kier alpha value is -1.59. The van der Waals surface area contributed by atoms with Gasteiger partial charge in [0.25, 0.3) is 0 Å². The molecule has 1 fully saturated rings. The Labute approximate surface area is 132 Å². The van der Waals surface area contributed by atoms with E-state index in [-0.39, 0.29) is 5.91 Å². The number of anilines is 1. The van der Waals surface area contributed by atoms with Crippen LogP contribution in [-0.2, 0) is 9.53 Å². The van der Waals surface area contributed by atoms with E-state index < -0.39 is 5.41 Å². The summed E-state index contributed by atoms with van der Waals surface area (Å²) in [5, 5.41) is 6.32. The van der Waals surface area contributed by atoms with Crippen molar-refractivity contribution in [2.45, 2.75) is 26.2 Å². The van der Waals surface area contributed by atoms with E-state index in [4.69, 9.17) is 9.47 Å². The molecule has 0 unspecified atom stereocenters. The predicted molar refractivity (Wildman–Crippen MR) is 87.3 cm³/mol. The zero-order valence-electron chi connectivity index (χ0n) is 13.5. The Morgan fingerprint density at radius 3 is 2.82 bits per heavy atom. The Bertz CT molecular complexity index is 479. The molecule has 122 valence electrons. The van der Waals surface area contributed by atoms with Crippen molar-refractivity contribution in [3.05, 3.63) is 24.3 Å². The molecule has 2 N–H and O–H groups in total. The van der Waals surface area contributed by atoms with Crippen LogP contribution >= 0.6 is 0 Å². The summed E-state index contributed by atoms with van der Waals surface area (Å²) in [7, 11) is 1.65. The molecule has 1 amide bonds. The number of rotatable bonds is 7. The number of methoxy groups -OCH3 is 1. The van der Waals surface area contributed by atoms with Crippen LogP contribution in [0.4, 0.5) is 5.69 Å². The lowest BCUT2D eigenvalue weighted by Crippen LogP contribution is -2.47. The van der Waals surface area contributed by atoms with Crippen molar-refractivity contribution >= 4 is 11.6 Å². The van der Waals surface area contributed by atoms with Crippen LogP contribution < -0.4 is 15.4 Å². The minimum atomic E-state index is -0.444. The lowest BCUT2D eigenvalue weighted by atomic mass is 9.78. The molecule has 0 spiro atoms. The first-order chi connectivity index (χ1) is 10.7. The Morgan fingerprint density at radius 1 is 1.36 bits per heavy atom. The van der Waals surface area contributed by atoms with Gasteiger partial charge in [-0.25, -0.2) is 0 Å². The number of ether oxygens (including phenoxy) is 2. The van der Waals surface area contributed by atoms with Gasteiger partial charge in [0.05, 0.1) is 18.6 Å². The van der Waals surface area contributed by atoms with Gasteiger partial charge in [-0.2, -0.15) is 0 Å². The van der Waals surface area contributed by atoms with Crippen molar-refractivity contribution in [3.8, 4) is 5.75 Å². The van der Waals surface area contributed by atoms with Gasteiger partial charge in [-0.1, -0.05) is 13.0 Å². The molecular formula is C17H26N2O3. The zero-order valence-corrected chi connectivity index (χ0v) is 13.5. The number of hydrogen-bond donors (Lipinski definition) is 2. The third-order valence-corrected chi connectivity index (χ3v) is 4.03. The van der Waals surface area contributed by atoms with Crippen LogP contribution in [0.3, 0.4) is 0 Å². The summed E-state index contributed by atoms with van der Waals surface area (Å²) in [6.07, 6.45) is 2.54. The smallest absolute Gasteiger partial charge is 0.233 e. The fourth-order valence-electron chi connectivity index (χ4n) is 2.77. The molecule has 0 radical (unpaired) electrons. The molecule has 1 aliphatic rings. The maximum Gasteiger partial charge on any atom is 0.233 e. The first-order valence-electron chi connectivity index (χ1n) is 7.94. The molecule has 0 bridgehead atoms. The van der Waals surface area contributed by atoms with Crippen LogP contribution in [0.25, 0.3) is 0 Å². The molecule has 1 aromatic rings. The molecule has 1 aromatic carbocycles. The van der Waals surface area contributed by atoms with Crippen molar-refractivity contribution in [1.82, 2.24) is 5.32 Å². The van der Waals surface area contributed by atoms with Crippen LogP contribution in [-0.4, -0.2) is 39.3 Å². The van der Waals surface area contributed by atoms with Gasteiger partial charge in [-0.15, -0.1) is 0 Å². The number of benzene rings is 1. The molecule has 0 saturated carbocycles. The highest BCUT2D eigenvalue weighted by molar-refractivity contribution is 5.95. The summed E-state index contributed by atoms with van der Waals surface area (Å²) in [5.74, 6) is 0.814. The Morgan fingerprint density at radius 2 is 2.14 bits per heavy atom. The van der Waals surface area contributed by atoms with Gasteiger partial charge < -0.3 is 20.1 Å². The second-order valence-corrected chi connectivity index (χ2v) is 5.79. The summed E-state index contributed by atoms with van der Waals surface area (Å²) in [5.41, 5.74) is 0.327. The van der Waals surface area contributed by atoms with Crippen LogP contribution in [0.5, 0.6) is 5.75 Å². The quantitative estimate of drug-likeness (QED) is 0.812. The minimum absolute atomic E-state index is 0.0310. The SMILES string of the molecule is CCCOc1cccc(NC(=O)C2(COC)CCNCC2)c1. The van der Waals surface area contributed by atoms with Crippen molar-refractivity contribution in [2.75, 3.05) is 38.7 Å². The van der Waals surface area contributed by atoms with Gasteiger partial charge in [-0.3, -0.25) is 4.79 Å². The fraction of sp³-hybridized carbons (Fsp3) is 0.588. The van der Waals surface area contributed by atoms with E-state index in [1.165, 1.54) is 0 Å². The van der Waals surface area contributed by atoms with Crippen LogP contribution in [0.2, 0.25) is 0 Å². The van der Waals surface area contributed by atoms with Crippen LogP contribution in [0.15, 0.2) is 24.3 Å². The largest absolute Gasteiger partial charge is 0.494 e. The van der Waals surface area contributed by atoms with E-state index in [0.29, 0.717) is 13.2 Å². The third kappa shape index (κ3) is 4.21. The summed E-state index contributed by atoms with van der Waals surface area (Å²) >= 11 is 0. The number of piperidine rings is 1. The Kier molecular flexibility index (Phi) is 6.21. The molecule has 0 aromatic heterocycles.